The van der Waals surface area contributed by atoms with Crippen molar-refractivity contribution >= 4 is 30.7 Å². The normalized spacial score (nSPS) is 31.3. The predicted octanol–water partition coefficient (Wildman–Crippen LogP) is 2.31. The second-order valence-corrected chi connectivity index (χ2v) is 7.84. The maximum Gasteiger partial charge on any atom is 0.251 e. The Balaban J connectivity index is 0.00000156. The molecule has 3 heterocycles. The van der Waals surface area contributed by atoms with E-state index in [0.29, 0.717) is 12.5 Å². The summed E-state index contributed by atoms with van der Waals surface area (Å²) in [6.07, 6.45) is 6.65. The number of carbonyl (C=O) groups is 1. The minimum absolute atomic E-state index is 0. The molecule has 0 bridgehead atoms. The van der Waals surface area contributed by atoms with Crippen LogP contribution in [0.4, 0.5) is 0 Å². The molecule has 3 saturated heterocycles. The van der Waals surface area contributed by atoms with Gasteiger partial charge in [0.1, 0.15) is 6.10 Å². The first-order chi connectivity index (χ1) is 11.2. The van der Waals surface area contributed by atoms with E-state index in [1.54, 1.807) is 0 Å². The van der Waals surface area contributed by atoms with Gasteiger partial charge in [-0.25, -0.2) is 0 Å². The fourth-order valence-electron chi connectivity index (χ4n) is 4.29. The van der Waals surface area contributed by atoms with Crippen LogP contribution in [0.15, 0.2) is 0 Å². The Bertz CT molecular complexity index is 406. The van der Waals surface area contributed by atoms with Gasteiger partial charge < -0.3 is 20.3 Å². The fourth-order valence-corrected chi connectivity index (χ4v) is 4.29. The standard InChI is InChI=1S/C18H33N3O2.2ClH/c1-14-6-9-20(10-7-14)12-15-3-2-8-21(13-15)18(22)17-5-4-16(11-19)23-17;;/h14-17H,2-13,19H2,1H3;2*1H/t15?,16-,17+;;/m1../s1. The number of piperidine rings is 2. The highest BCUT2D eigenvalue weighted by Crippen LogP contribution is 2.25. The molecular weight excluding hydrogens is 361 g/mol. The summed E-state index contributed by atoms with van der Waals surface area (Å²) in [5.74, 6) is 1.72. The van der Waals surface area contributed by atoms with Gasteiger partial charge in [-0.3, -0.25) is 4.79 Å². The summed E-state index contributed by atoms with van der Waals surface area (Å²) in [4.78, 5) is 17.4. The molecule has 5 nitrogen and oxygen atoms in total. The number of nitrogens with zero attached hydrogens (tertiary/aromatic N) is 2. The molecule has 3 rings (SSSR count). The second-order valence-electron chi connectivity index (χ2n) is 7.84. The molecule has 0 radical (unpaired) electrons. The van der Waals surface area contributed by atoms with Crippen LogP contribution in [0, 0.1) is 11.8 Å². The first kappa shape index (κ1) is 23.0. The molecule has 3 fully saturated rings. The van der Waals surface area contributed by atoms with Gasteiger partial charge in [-0.05, 0) is 63.5 Å². The Hall–Kier alpha value is -0.0700. The number of ether oxygens (including phenoxy) is 1. The summed E-state index contributed by atoms with van der Waals surface area (Å²) in [5.41, 5.74) is 5.66. The molecule has 0 aromatic heterocycles. The minimum atomic E-state index is -0.238. The maximum atomic E-state index is 12.7. The van der Waals surface area contributed by atoms with Crippen LogP contribution < -0.4 is 5.73 Å². The number of carbonyl (C=O) groups excluding carboxylic acids is 1. The Morgan fingerprint density at radius 1 is 1.08 bits per heavy atom. The quantitative estimate of drug-likeness (QED) is 0.792. The number of halogens is 2. The van der Waals surface area contributed by atoms with Crippen molar-refractivity contribution in [1.29, 1.82) is 0 Å². The predicted molar refractivity (Wildman–Crippen MR) is 106 cm³/mol. The lowest BCUT2D eigenvalue weighted by Crippen LogP contribution is -2.48. The zero-order valence-corrected chi connectivity index (χ0v) is 17.0. The van der Waals surface area contributed by atoms with E-state index < -0.39 is 0 Å². The average Bonchev–Trinajstić information content (AvgIpc) is 3.06. The molecule has 3 aliphatic heterocycles. The van der Waals surface area contributed by atoms with Crippen molar-refractivity contribution in [2.24, 2.45) is 17.6 Å². The molecule has 0 aliphatic carbocycles. The first-order valence-corrected chi connectivity index (χ1v) is 9.52. The van der Waals surface area contributed by atoms with Crippen LogP contribution in [0.2, 0.25) is 0 Å². The molecule has 0 aromatic carbocycles. The van der Waals surface area contributed by atoms with E-state index in [1.165, 1.54) is 32.4 Å². The van der Waals surface area contributed by atoms with Crippen LogP contribution in [0.25, 0.3) is 0 Å². The Morgan fingerprint density at radius 3 is 2.44 bits per heavy atom. The molecule has 0 aromatic rings. The van der Waals surface area contributed by atoms with Gasteiger partial charge in [0.15, 0.2) is 0 Å². The second kappa shape index (κ2) is 10.9. The highest BCUT2D eigenvalue weighted by molar-refractivity contribution is 5.85. The van der Waals surface area contributed by atoms with Crippen LogP contribution in [-0.2, 0) is 9.53 Å². The van der Waals surface area contributed by atoms with Gasteiger partial charge in [0.25, 0.3) is 5.91 Å². The molecule has 25 heavy (non-hydrogen) atoms. The number of hydrogen-bond acceptors (Lipinski definition) is 4. The Morgan fingerprint density at radius 2 is 1.80 bits per heavy atom. The maximum absolute atomic E-state index is 12.7. The first-order valence-electron chi connectivity index (χ1n) is 9.52. The molecule has 0 saturated carbocycles. The van der Waals surface area contributed by atoms with Gasteiger partial charge in [-0.2, -0.15) is 0 Å². The van der Waals surface area contributed by atoms with Gasteiger partial charge in [-0.15, -0.1) is 24.8 Å². The Labute approximate surface area is 164 Å². The smallest absolute Gasteiger partial charge is 0.251 e. The SMILES string of the molecule is CC1CCN(CC2CCCN(C(=O)[C@@H]3CC[C@H](CN)O3)C2)CC1.Cl.Cl. The van der Waals surface area contributed by atoms with Crippen molar-refractivity contribution in [2.75, 3.05) is 39.3 Å². The summed E-state index contributed by atoms with van der Waals surface area (Å²) in [6.45, 7) is 8.32. The summed E-state index contributed by atoms with van der Waals surface area (Å²) >= 11 is 0. The third-order valence-electron chi connectivity index (χ3n) is 5.87. The number of amides is 1. The van der Waals surface area contributed by atoms with Crippen molar-refractivity contribution in [3.05, 3.63) is 0 Å². The minimum Gasteiger partial charge on any atom is -0.364 e. The van der Waals surface area contributed by atoms with Gasteiger partial charge >= 0.3 is 0 Å². The van der Waals surface area contributed by atoms with Crippen LogP contribution in [0.1, 0.15) is 45.4 Å². The monoisotopic (exact) mass is 395 g/mol. The zero-order chi connectivity index (χ0) is 16.2. The molecule has 0 spiro atoms. The number of nitrogens with two attached hydrogens (primary N) is 1. The molecule has 7 heteroatoms. The molecular formula is C18H35Cl2N3O2. The molecule has 1 unspecified atom stereocenters. The fraction of sp³-hybridized carbons (Fsp3) is 0.944. The molecule has 3 atom stereocenters. The molecule has 1 amide bonds. The van der Waals surface area contributed by atoms with E-state index >= 15 is 0 Å². The van der Waals surface area contributed by atoms with E-state index in [0.717, 1.165) is 44.8 Å². The van der Waals surface area contributed by atoms with Gasteiger partial charge in [0, 0.05) is 26.2 Å². The number of rotatable bonds is 4. The number of hydrogen-bond donors (Lipinski definition) is 1. The van der Waals surface area contributed by atoms with Crippen LogP contribution in [-0.4, -0.2) is 67.2 Å². The summed E-state index contributed by atoms with van der Waals surface area (Å²) < 4.78 is 5.80. The molecule has 3 aliphatic rings. The lowest BCUT2D eigenvalue weighted by Gasteiger charge is -2.38. The third-order valence-corrected chi connectivity index (χ3v) is 5.87. The van der Waals surface area contributed by atoms with Gasteiger partial charge in [-0.1, -0.05) is 6.92 Å². The van der Waals surface area contributed by atoms with E-state index in [9.17, 15) is 4.79 Å². The van der Waals surface area contributed by atoms with Crippen molar-refractivity contribution < 1.29 is 9.53 Å². The van der Waals surface area contributed by atoms with E-state index in [2.05, 4.69) is 16.7 Å². The third kappa shape index (κ3) is 6.24. The average molecular weight is 396 g/mol. The van der Waals surface area contributed by atoms with Crippen LogP contribution in [0.5, 0.6) is 0 Å². The molecule has 148 valence electrons. The van der Waals surface area contributed by atoms with E-state index in [4.69, 9.17) is 10.5 Å². The van der Waals surface area contributed by atoms with Crippen LogP contribution in [0.3, 0.4) is 0 Å². The lowest BCUT2D eigenvalue weighted by molar-refractivity contribution is -0.144. The van der Waals surface area contributed by atoms with Crippen molar-refractivity contribution in [3.63, 3.8) is 0 Å². The molecule has 2 N–H and O–H groups in total. The van der Waals surface area contributed by atoms with Gasteiger partial charge in [0.05, 0.1) is 6.10 Å². The number of likely N-dealkylation sites (tertiary alicyclic amines) is 2. The van der Waals surface area contributed by atoms with Crippen molar-refractivity contribution in [1.82, 2.24) is 9.80 Å². The Kier molecular flexibility index (Phi) is 10.0. The topological polar surface area (TPSA) is 58.8 Å². The van der Waals surface area contributed by atoms with E-state index in [-0.39, 0.29) is 42.9 Å². The van der Waals surface area contributed by atoms with Gasteiger partial charge in [0.2, 0.25) is 0 Å². The summed E-state index contributed by atoms with van der Waals surface area (Å²) in [6, 6.07) is 0. The lowest BCUT2D eigenvalue weighted by atomic mass is 9.94. The summed E-state index contributed by atoms with van der Waals surface area (Å²) in [5, 5.41) is 0. The zero-order valence-electron chi connectivity index (χ0n) is 15.4. The largest absolute Gasteiger partial charge is 0.364 e. The van der Waals surface area contributed by atoms with Crippen LogP contribution >= 0.6 is 24.8 Å². The van der Waals surface area contributed by atoms with Crippen molar-refractivity contribution in [3.8, 4) is 0 Å². The summed E-state index contributed by atoms with van der Waals surface area (Å²) in [7, 11) is 0. The van der Waals surface area contributed by atoms with Crippen molar-refractivity contribution in [2.45, 2.75) is 57.7 Å². The van der Waals surface area contributed by atoms with E-state index in [1.807, 2.05) is 0 Å². The highest BCUT2D eigenvalue weighted by atomic mass is 35.5. The highest BCUT2D eigenvalue weighted by Gasteiger charge is 2.35.